The van der Waals surface area contributed by atoms with Crippen LogP contribution in [0.1, 0.15) is 26.4 Å². The van der Waals surface area contributed by atoms with Crippen LogP contribution in [0.15, 0.2) is 40.9 Å². The summed E-state index contributed by atoms with van der Waals surface area (Å²) in [6, 6.07) is 9.82. The molecule has 0 aliphatic carbocycles. The smallest absolute Gasteiger partial charge is 0.273 e. The molecule has 0 saturated carbocycles. The summed E-state index contributed by atoms with van der Waals surface area (Å²) in [4.78, 5) is 26.8. The molecular formula is C17H13BrFN3O2. The van der Waals surface area contributed by atoms with Crippen molar-refractivity contribution in [1.82, 2.24) is 4.98 Å². The highest BCUT2D eigenvalue weighted by Gasteiger charge is 2.18. The topological polar surface area (TPSA) is 88.0 Å². The van der Waals surface area contributed by atoms with E-state index in [9.17, 15) is 14.0 Å². The Kier molecular flexibility index (Phi) is 4.11. The number of carbonyl (C=O) groups excluding carboxylic acids is 2. The van der Waals surface area contributed by atoms with Crippen molar-refractivity contribution in [2.45, 2.75) is 6.92 Å². The molecule has 2 aromatic carbocycles. The maximum absolute atomic E-state index is 13.9. The first-order valence-corrected chi connectivity index (χ1v) is 7.85. The van der Waals surface area contributed by atoms with Gasteiger partial charge in [-0.3, -0.25) is 9.59 Å². The Bertz CT molecular complexity index is 981. The number of hydrogen-bond acceptors (Lipinski definition) is 2. The zero-order valence-electron chi connectivity index (χ0n) is 12.6. The number of amides is 2. The number of H-pyrrole nitrogens is 1. The normalized spacial score (nSPS) is 10.8. The van der Waals surface area contributed by atoms with E-state index in [0.29, 0.717) is 10.2 Å². The zero-order chi connectivity index (χ0) is 17.4. The average Bonchev–Trinajstić information content (AvgIpc) is 2.89. The number of rotatable bonds is 3. The number of para-hydroxylation sites is 1. The first-order valence-electron chi connectivity index (χ1n) is 7.06. The molecule has 4 N–H and O–H groups in total. The van der Waals surface area contributed by atoms with E-state index in [4.69, 9.17) is 5.73 Å². The predicted molar refractivity (Wildman–Crippen MR) is 93.6 cm³/mol. The van der Waals surface area contributed by atoms with Crippen LogP contribution in [0, 0.1) is 12.7 Å². The van der Waals surface area contributed by atoms with Gasteiger partial charge in [-0.05, 0) is 41.1 Å². The molecule has 5 nitrogen and oxygen atoms in total. The number of primary amides is 1. The van der Waals surface area contributed by atoms with Crippen molar-refractivity contribution in [2.75, 3.05) is 5.32 Å². The summed E-state index contributed by atoms with van der Waals surface area (Å²) in [6.07, 6.45) is 0. The third-order valence-corrected chi connectivity index (χ3v) is 4.57. The minimum absolute atomic E-state index is 0.0101. The second-order valence-electron chi connectivity index (χ2n) is 5.31. The molecule has 0 unspecified atom stereocenters. The van der Waals surface area contributed by atoms with Crippen molar-refractivity contribution < 1.29 is 14.0 Å². The molecule has 0 saturated heterocycles. The monoisotopic (exact) mass is 389 g/mol. The number of hydrogen-bond donors (Lipinski definition) is 3. The van der Waals surface area contributed by atoms with E-state index < -0.39 is 17.6 Å². The summed E-state index contributed by atoms with van der Waals surface area (Å²) >= 11 is 3.40. The van der Waals surface area contributed by atoms with Crippen molar-refractivity contribution in [1.29, 1.82) is 0 Å². The Labute approximate surface area is 145 Å². The van der Waals surface area contributed by atoms with Gasteiger partial charge in [-0.25, -0.2) is 4.39 Å². The van der Waals surface area contributed by atoms with E-state index in [1.807, 2.05) is 24.3 Å². The molecule has 1 aromatic heterocycles. The summed E-state index contributed by atoms with van der Waals surface area (Å²) in [5.41, 5.74) is 6.69. The molecule has 0 radical (unpaired) electrons. The number of halogens is 2. The van der Waals surface area contributed by atoms with Crippen LogP contribution < -0.4 is 11.1 Å². The number of nitrogens with two attached hydrogens (primary N) is 1. The summed E-state index contributed by atoms with van der Waals surface area (Å²) in [5, 5.41) is 3.47. The van der Waals surface area contributed by atoms with Crippen LogP contribution in [0.5, 0.6) is 0 Å². The van der Waals surface area contributed by atoms with Crippen LogP contribution in [0.25, 0.3) is 10.9 Å². The largest absolute Gasteiger partial charge is 0.366 e. The van der Waals surface area contributed by atoms with Gasteiger partial charge in [0.15, 0.2) is 0 Å². The molecule has 0 aliphatic heterocycles. The van der Waals surface area contributed by atoms with Crippen molar-refractivity contribution in [3.05, 3.63) is 63.5 Å². The van der Waals surface area contributed by atoms with Crippen molar-refractivity contribution in [2.24, 2.45) is 5.73 Å². The van der Waals surface area contributed by atoms with Gasteiger partial charge in [0.05, 0.1) is 4.47 Å². The lowest BCUT2D eigenvalue weighted by molar-refractivity contribution is 0.0995. The van der Waals surface area contributed by atoms with Gasteiger partial charge < -0.3 is 16.0 Å². The average molecular weight is 390 g/mol. The SMILES string of the molecule is Cc1c(F)cc(C(N)=O)cc1NC(=O)c1[nH]c2ccccc2c1Br. The molecule has 0 bridgehead atoms. The minimum atomic E-state index is -0.767. The van der Waals surface area contributed by atoms with Gasteiger partial charge >= 0.3 is 0 Å². The Morgan fingerprint density at radius 1 is 1.25 bits per heavy atom. The highest BCUT2D eigenvalue weighted by atomic mass is 79.9. The fraction of sp³-hybridized carbons (Fsp3) is 0.0588. The van der Waals surface area contributed by atoms with Gasteiger partial charge in [0.25, 0.3) is 5.91 Å². The Balaban J connectivity index is 2.00. The molecule has 7 heteroatoms. The summed E-state index contributed by atoms with van der Waals surface area (Å²) < 4.78 is 14.5. The number of benzene rings is 2. The lowest BCUT2D eigenvalue weighted by atomic mass is 10.1. The molecule has 0 fully saturated rings. The van der Waals surface area contributed by atoms with Crippen molar-refractivity contribution in [3.8, 4) is 0 Å². The van der Waals surface area contributed by atoms with E-state index in [1.165, 1.54) is 13.0 Å². The highest BCUT2D eigenvalue weighted by Crippen LogP contribution is 2.29. The number of aromatic amines is 1. The Morgan fingerprint density at radius 2 is 1.96 bits per heavy atom. The molecule has 1 heterocycles. The number of fused-ring (bicyclic) bond motifs is 1. The van der Waals surface area contributed by atoms with Crippen LogP contribution in [0.4, 0.5) is 10.1 Å². The number of nitrogens with one attached hydrogen (secondary N) is 2. The third kappa shape index (κ3) is 2.78. The Morgan fingerprint density at radius 3 is 2.62 bits per heavy atom. The quantitative estimate of drug-likeness (QED) is 0.637. The second-order valence-corrected chi connectivity index (χ2v) is 6.10. The van der Waals surface area contributed by atoms with Crippen molar-refractivity contribution in [3.63, 3.8) is 0 Å². The van der Waals surface area contributed by atoms with E-state index in [0.717, 1.165) is 17.0 Å². The van der Waals surface area contributed by atoms with Crippen molar-refractivity contribution >= 4 is 44.3 Å². The van der Waals surface area contributed by atoms with Gasteiger partial charge in [0.2, 0.25) is 5.91 Å². The molecule has 2 amide bonds. The number of carbonyl (C=O) groups is 2. The zero-order valence-corrected chi connectivity index (χ0v) is 14.2. The first kappa shape index (κ1) is 16.2. The first-order chi connectivity index (χ1) is 11.4. The standard InChI is InChI=1S/C17H13BrFN3O2/c1-8-11(19)6-9(16(20)23)7-13(8)22-17(24)15-14(18)10-4-2-3-5-12(10)21-15/h2-7,21H,1H3,(H2,20,23)(H,22,24). The third-order valence-electron chi connectivity index (χ3n) is 3.75. The van der Waals surface area contributed by atoms with E-state index in [2.05, 4.69) is 26.2 Å². The van der Waals surface area contributed by atoms with Gasteiger partial charge in [-0.15, -0.1) is 0 Å². The van der Waals surface area contributed by atoms with Crippen LogP contribution in [0.2, 0.25) is 0 Å². The Hall–Kier alpha value is -2.67. The van der Waals surface area contributed by atoms with Gasteiger partial charge in [-0.1, -0.05) is 18.2 Å². The lowest BCUT2D eigenvalue weighted by Crippen LogP contribution is -2.17. The summed E-state index contributed by atoms with van der Waals surface area (Å²) in [5.74, 6) is -1.84. The molecule has 3 aromatic rings. The lowest BCUT2D eigenvalue weighted by Gasteiger charge is -2.10. The van der Waals surface area contributed by atoms with Crippen LogP contribution in [0.3, 0.4) is 0 Å². The molecular weight excluding hydrogens is 377 g/mol. The van der Waals surface area contributed by atoms with E-state index in [1.54, 1.807) is 0 Å². The molecule has 0 atom stereocenters. The van der Waals surface area contributed by atoms with Crippen LogP contribution in [-0.4, -0.2) is 16.8 Å². The molecule has 0 spiro atoms. The van der Waals surface area contributed by atoms with E-state index >= 15 is 0 Å². The number of anilines is 1. The highest BCUT2D eigenvalue weighted by molar-refractivity contribution is 9.10. The van der Waals surface area contributed by atoms with Gasteiger partial charge in [0, 0.05) is 27.7 Å². The minimum Gasteiger partial charge on any atom is -0.366 e. The molecule has 3 rings (SSSR count). The molecule has 122 valence electrons. The number of aromatic nitrogens is 1. The summed E-state index contributed by atoms with van der Waals surface area (Å²) in [6.45, 7) is 1.51. The fourth-order valence-corrected chi connectivity index (χ4v) is 3.02. The van der Waals surface area contributed by atoms with Crippen LogP contribution in [-0.2, 0) is 0 Å². The molecule has 24 heavy (non-hydrogen) atoms. The predicted octanol–water partition coefficient (Wildman–Crippen LogP) is 3.73. The fourth-order valence-electron chi connectivity index (χ4n) is 2.40. The maximum Gasteiger partial charge on any atom is 0.273 e. The van der Waals surface area contributed by atoms with Crippen LogP contribution >= 0.6 is 15.9 Å². The molecule has 0 aliphatic rings. The van der Waals surface area contributed by atoms with Gasteiger partial charge in [-0.2, -0.15) is 0 Å². The maximum atomic E-state index is 13.9. The van der Waals surface area contributed by atoms with Gasteiger partial charge in [0.1, 0.15) is 11.5 Å². The second kappa shape index (κ2) is 6.09. The van der Waals surface area contributed by atoms with E-state index in [-0.39, 0.29) is 16.8 Å². The summed E-state index contributed by atoms with van der Waals surface area (Å²) in [7, 11) is 0.